The van der Waals surface area contributed by atoms with Crippen LogP contribution in [0.25, 0.3) is 11.3 Å². The number of carbonyl (C=O) groups excluding carboxylic acids is 1. The van der Waals surface area contributed by atoms with Crippen molar-refractivity contribution >= 4 is 28.9 Å². The van der Waals surface area contributed by atoms with Gasteiger partial charge in [0.15, 0.2) is 5.82 Å². The number of rotatable bonds is 5. The summed E-state index contributed by atoms with van der Waals surface area (Å²) >= 11 is 0. The van der Waals surface area contributed by atoms with E-state index in [0.717, 1.165) is 25.0 Å². The lowest BCUT2D eigenvalue weighted by atomic mass is 9.81. The van der Waals surface area contributed by atoms with Crippen LogP contribution < -0.4 is 21.5 Å². The fourth-order valence-corrected chi connectivity index (χ4v) is 5.37. The van der Waals surface area contributed by atoms with E-state index >= 15 is 0 Å². The zero-order valence-electron chi connectivity index (χ0n) is 23.1. The number of aliphatic hydroxyl groups is 1. The third kappa shape index (κ3) is 5.35. The van der Waals surface area contributed by atoms with E-state index in [1.165, 1.54) is 4.57 Å². The molecule has 0 atom stereocenters. The standard InChI is InChI=1S/C30H35N7O3/c1-19-14-25-28(39)37(13-12-36(25)11-9-30(2,3)16-19)27-23(18-38)22(8-10-32-27)24-17-35(4)29(40)26(34-24)33-21-7-5-6-20(31)15-21/h5-8,10,14-15,17,38H,1,9,11-13,16,18,31H2,2-4H3,(H,33,34)/b25-14-. The first-order valence-corrected chi connectivity index (χ1v) is 13.3. The summed E-state index contributed by atoms with van der Waals surface area (Å²) in [5.41, 5.74) is 9.85. The molecule has 5 rings (SSSR count). The van der Waals surface area contributed by atoms with Crippen LogP contribution in [0.5, 0.6) is 0 Å². The molecule has 208 valence electrons. The Bertz CT molecular complexity index is 1570. The van der Waals surface area contributed by atoms with Crippen molar-refractivity contribution in [2.24, 2.45) is 12.5 Å². The predicted octanol–water partition coefficient (Wildman–Crippen LogP) is 3.57. The highest BCUT2D eigenvalue weighted by molar-refractivity contribution is 6.06. The van der Waals surface area contributed by atoms with Crippen molar-refractivity contribution in [2.45, 2.75) is 33.3 Å². The number of nitrogens with two attached hydrogens (primary N) is 1. The molecule has 0 spiro atoms. The van der Waals surface area contributed by atoms with Gasteiger partial charge in [-0.2, -0.15) is 0 Å². The number of aliphatic hydroxyl groups excluding tert-OH is 1. The van der Waals surface area contributed by atoms with Crippen molar-refractivity contribution in [2.75, 3.05) is 35.6 Å². The number of piperazine rings is 1. The summed E-state index contributed by atoms with van der Waals surface area (Å²) < 4.78 is 1.43. The van der Waals surface area contributed by atoms with Crippen LogP contribution >= 0.6 is 0 Å². The van der Waals surface area contributed by atoms with Crippen LogP contribution in [-0.4, -0.2) is 50.1 Å². The Hall–Kier alpha value is -4.44. The van der Waals surface area contributed by atoms with Crippen LogP contribution in [0.1, 0.15) is 32.3 Å². The number of amides is 1. The topological polar surface area (TPSA) is 130 Å². The maximum Gasteiger partial charge on any atom is 0.293 e. The van der Waals surface area contributed by atoms with E-state index in [2.05, 4.69) is 40.6 Å². The van der Waals surface area contributed by atoms with Crippen molar-refractivity contribution < 1.29 is 9.90 Å². The van der Waals surface area contributed by atoms with Crippen molar-refractivity contribution in [1.82, 2.24) is 19.4 Å². The number of aromatic nitrogens is 3. The molecule has 0 aliphatic carbocycles. The minimum absolute atomic E-state index is 0.110. The molecule has 1 amide bonds. The van der Waals surface area contributed by atoms with E-state index in [9.17, 15) is 14.7 Å². The number of hydrogen-bond donors (Lipinski definition) is 3. The summed E-state index contributed by atoms with van der Waals surface area (Å²) in [6.07, 6.45) is 6.86. The highest BCUT2D eigenvalue weighted by Crippen LogP contribution is 2.36. The molecule has 0 saturated carbocycles. The number of nitrogens with one attached hydrogen (secondary N) is 1. The van der Waals surface area contributed by atoms with E-state index in [1.807, 2.05) is 6.08 Å². The molecule has 2 aromatic heterocycles. The van der Waals surface area contributed by atoms with Crippen molar-refractivity contribution in [3.63, 3.8) is 0 Å². The molecule has 0 bridgehead atoms. The summed E-state index contributed by atoms with van der Waals surface area (Å²) in [4.78, 5) is 39.5. The number of pyridine rings is 1. The normalized spacial score (nSPS) is 18.4. The molecule has 3 aromatic rings. The van der Waals surface area contributed by atoms with Gasteiger partial charge < -0.3 is 25.6 Å². The Balaban J connectivity index is 1.53. The first kappa shape index (κ1) is 27.1. The van der Waals surface area contributed by atoms with Gasteiger partial charge in [-0.1, -0.05) is 32.1 Å². The molecule has 4 N–H and O–H groups in total. The number of hydrogen-bond acceptors (Lipinski definition) is 8. The van der Waals surface area contributed by atoms with E-state index < -0.39 is 0 Å². The fourth-order valence-electron chi connectivity index (χ4n) is 5.37. The van der Waals surface area contributed by atoms with Gasteiger partial charge in [-0.3, -0.25) is 14.5 Å². The largest absolute Gasteiger partial charge is 0.399 e. The number of carbonyl (C=O) groups is 1. The van der Waals surface area contributed by atoms with Gasteiger partial charge in [0.1, 0.15) is 11.5 Å². The van der Waals surface area contributed by atoms with Crippen LogP contribution in [0.2, 0.25) is 0 Å². The number of fused-ring (bicyclic) bond motifs is 1. The SMILES string of the molecule is C=C1/C=C2/C(=O)N(c3nccc(-c4cn(C)c(=O)c(Nc5cccc(N)c5)n4)c3CO)CCN2CCC(C)(C)C1. The van der Waals surface area contributed by atoms with Crippen molar-refractivity contribution in [3.8, 4) is 11.3 Å². The molecule has 40 heavy (non-hydrogen) atoms. The highest BCUT2D eigenvalue weighted by Gasteiger charge is 2.35. The Labute approximate surface area is 233 Å². The summed E-state index contributed by atoms with van der Waals surface area (Å²) in [6.45, 7) is 10.1. The second-order valence-electron chi connectivity index (χ2n) is 11.2. The minimum atomic E-state index is -0.367. The lowest BCUT2D eigenvalue weighted by Gasteiger charge is -2.41. The van der Waals surface area contributed by atoms with Gasteiger partial charge in [-0.25, -0.2) is 9.97 Å². The highest BCUT2D eigenvalue weighted by atomic mass is 16.3. The van der Waals surface area contributed by atoms with Crippen LogP contribution in [0.4, 0.5) is 23.0 Å². The third-order valence-electron chi connectivity index (χ3n) is 7.45. The summed E-state index contributed by atoms with van der Waals surface area (Å²) in [5, 5.41) is 13.6. The lowest BCUT2D eigenvalue weighted by Crippen LogP contribution is -2.50. The number of benzene rings is 1. The fraction of sp³-hybridized carbons (Fsp3) is 0.333. The van der Waals surface area contributed by atoms with Gasteiger partial charge in [-0.05, 0) is 48.6 Å². The maximum atomic E-state index is 13.8. The second kappa shape index (κ2) is 10.6. The smallest absolute Gasteiger partial charge is 0.293 e. The summed E-state index contributed by atoms with van der Waals surface area (Å²) in [6, 6.07) is 8.76. The summed E-state index contributed by atoms with van der Waals surface area (Å²) in [5.74, 6) is 0.308. The average Bonchev–Trinajstić information content (AvgIpc) is 2.90. The zero-order valence-corrected chi connectivity index (χ0v) is 23.1. The maximum absolute atomic E-state index is 13.8. The number of allylic oxidation sites excluding steroid dienone is 2. The molecule has 1 fully saturated rings. The molecule has 0 radical (unpaired) electrons. The lowest BCUT2D eigenvalue weighted by molar-refractivity contribution is -0.118. The molecule has 10 heteroatoms. The summed E-state index contributed by atoms with van der Waals surface area (Å²) in [7, 11) is 1.64. The number of nitrogen functional groups attached to an aromatic ring is 1. The Morgan fingerprint density at radius 2 is 1.98 bits per heavy atom. The Morgan fingerprint density at radius 3 is 2.73 bits per heavy atom. The van der Waals surface area contributed by atoms with Crippen LogP contribution in [0.3, 0.4) is 0 Å². The van der Waals surface area contributed by atoms with Crippen LogP contribution in [0, 0.1) is 5.41 Å². The molecule has 2 aliphatic heterocycles. The first-order chi connectivity index (χ1) is 19.1. The third-order valence-corrected chi connectivity index (χ3v) is 7.45. The van der Waals surface area contributed by atoms with Crippen LogP contribution in [-0.2, 0) is 18.4 Å². The zero-order chi connectivity index (χ0) is 28.6. The van der Waals surface area contributed by atoms with Crippen molar-refractivity contribution in [1.29, 1.82) is 0 Å². The van der Waals surface area contributed by atoms with Gasteiger partial charge in [0.05, 0.1) is 12.3 Å². The van der Waals surface area contributed by atoms with E-state index in [4.69, 9.17) is 5.73 Å². The molecular formula is C30H35N7O3. The van der Waals surface area contributed by atoms with E-state index in [1.54, 1.807) is 54.7 Å². The van der Waals surface area contributed by atoms with Crippen molar-refractivity contribution in [3.05, 3.63) is 82.6 Å². The molecule has 4 heterocycles. The van der Waals surface area contributed by atoms with E-state index in [0.29, 0.717) is 52.8 Å². The molecule has 1 aromatic carbocycles. The molecule has 1 saturated heterocycles. The quantitative estimate of drug-likeness (QED) is 0.418. The van der Waals surface area contributed by atoms with Gasteiger partial charge in [0.25, 0.3) is 11.5 Å². The van der Waals surface area contributed by atoms with Gasteiger partial charge >= 0.3 is 0 Å². The predicted molar refractivity (Wildman–Crippen MR) is 157 cm³/mol. The molecule has 2 aliphatic rings. The number of nitrogens with zero attached hydrogens (tertiary/aromatic N) is 5. The molecule has 10 nitrogen and oxygen atoms in total. The van der Waals surface area contributed by atoms with E-state index in [-0.39, 0.29) is 29.3 Å². The minimum Gasteiger partial charge on any atom is -0.399 e. The van der Waals surface area contributed by atoms with Gasteiger partial charge in [-0.15, -0.1) is 0 Å². The monoisotopic (exact) mass is 541 g/mol. The first-order valence-electron chi connectivity index (χ1n) is 13.3. The number of aryl methyl sites for hydroxylation is 1. The number of anilines is 4. The Morgan fingerprint density at radius 1 is 1.18 bits per heavy atom. The molecule has 0 unspecified atom stereocenters. The molecular weight excluding hydrogens is 506 g/mol. The van der Waals surface area contributed by atoms with Gasteiger partial charge in [0, 0.05) is 61.6 Å². The Kier molecular flexibility index (Phi) is 7.20. The van der Waals surface area contributed by atoms with Gasteiger partial charge in [0.2, 0.25) is 0 Å². The average molecular weight is 542 g/mol. The van der Waals surface area contributed by atoms with Crippen LogP contribution in [0.15, 0.2) is 71.4 Å². The second-order valence-corrected chi connectivity index (χ2v) is 11.2.